The van der Waals surface area contributed by atoms with Crippen molar-refractivity contribution in [2.45, 2.75) is 52.6 Å². The standard InChI is InChI=1S/C18H24ClN3O/c1-13-11-15(3)22(21-13)12-14(2)20-18(23)6-4-5-16-7-9-17(19)10-8-16/h7-11,14H,4-6,12H2,1-3H3,(H,20,23)/t14-/m1/s1. The van der Waals surface area contributed by atoms with Gasteiger partial charge in [0, 0.05) is 23.2 Å². The maximum Gasteiger partial charge on any atom is 0.220 e. The van der Waals surface area contributed by atoms with E-state index in [0.717, 1.165) is 29.3 Å². The van der Waals surface area contributed by atoms with Crippen molar-refractivity contribution >= 4 is 17.5 Å². The lowest BCUT2D eigenvalue weighted by atomic mass is 10.1. The van der Waals surface area contributed by atoms with Gasteiger partial charge in [-0.3, -0.25) is 9.48 Å². The zero-order valence-electron chi connectivity index (χ0n) is 14.0. The van der Waals surface area contributed by atoms with Crippen molar-refractivity contribution in [3.8, 4) is 0 Å². The largest absolute Gasteiger partial charge is 0.352 e. The minimum atomic E-state index is 0.0658. The highest BCUT2D eigenvalue weighted by molar-refractivity contribution is 6.30. The number of hydrogen-bond donors (Lipinski definition) is 1. The van der Waals surface area contributed by atoms with Crippen LogP contribution >= 0.6 is 11.6 Å². The predicted octanol–water partition coefficient (Wildman–Crippen LogP) is 3.68. The van der Waals surface area contributed by atoms with Gasteiger partial charge in [0.2, 0.25) is 5.91 Å². The van der Waals surface area contributed by atoms with Crippen LogP contribution in [0, 0.1) is 13.8 Å². The molecule has 0 radical (unpaired) electrons. The third-order valence-corrected chi connectivity index (χ3v) is 3.99. The summed E-state index contributed by atoms with van der Waals surface area (Å²) in [5.74, 6) is 0.0907. The van der Waals surface area contributed by atoms with Crippen LogP contribution in [0.15, 0.2) is 30.3 Å². The summed E-state index contributed by atoms with van der Waals surface area (Å²) in [5.41, 5.74) is 3.33. The van der Waals surface area contributed by atoms with Gasteiger partial charge in [-0.25, -0.2) is 0 Å². The number of nitrogens with one attached hydrogen (secondary N) is 1. The fourth-order valence-electron chi connectivity index (χ4n) is 2.62. The van der Waals surface area contributed by atoms with Crippen LogP contribution in [0.3, 0.4) is 0 Å². The van der Waals surface area contributed by atoms with Crippen LogP contribution in [0.4, 0.5) is 0 Å². The molecule has 1 aromatic carbocycles. The zero-order chi connectivity index (χ0) is 16.8. The highest BCUT2D eigenvalue weighted by atomic mass is 35.5. The second kappa shape index (κ2) is 8.16. The van der Waals surface area contributed by atoms with E-state index in [-0.39, 0.29) is 11.9 Å². The van der Waals surface area contributed by atoms with E-state index in [1.54, 1.807) is 0 Å². The number of rotatable bonds is 7. The first-order valence-corrected chi connectivity index (χ1v) is 8.36. The molecule has 0 saturated heterocycles. The van der Waals surface area contributed by atoms with E-state index in [2.05, 4.69) is 10.4 Å². The Morgan fingerprint density at radius 2 is 2.00 bits per heavy atom. The molecule has 0 aliphatic heterocycles. The molecule has 2 aromatic rings. The molecule has 23 heavy (non-hydrogen) atoms. The monoisotopic (exact) mass is 333 g/mol. The van der Waals surface area contributed by atoms with Crippen LogP contribution in [-0.2, 0) is 17.8 Å². The molecule has 0 saturated carbocycles. The molecule has 1 N–H and O–H groups in total. The molecule has 4 nitrogen and oxygen atoms in total. The van der Waals surface area contributed by atoms with Crippen molar-refractivity contribution in [3.63, 3.8) is 0 Å². The van der Waals surface area contributed by atoms with Gasteiger partial charge >= 0.3 is 0 Å². The average molecular weight is 334 g/mol. The Balaban J connectivity index is 1.71. The van der Waals surface area contributed by atoms with Crippen molar-refractivity contribution in [2.75, 3.05) is 0 Å². The van der Waals surface area contributed by atoms with E-state index in [4.69, 9.17) is 11.6 Å². The third kappa shape index (κ3) is 5.71. The summed E-state index contributed by atoms with van der Waals surface area (Å²) in [5, 5.41) is 8.20. The van der Waals surface area contributed by atoms with Crippen LogP contribution in [0.5, 0.6) is 0 Å². The zero-order valence-corrected chi connectivity index (χ0v) is 14.7. The van der Waals surface area contributed by atoms with Crippen LogP contribution in [-0.4, -0.2) is 21.7 Å². The number of amides is 1. The molecule has 0 bridgehead atoms. The van der Waals surface area contributed by atoms with Gasteiger partial charge in [0.25, 0.3) is 0 Å². The lowest BCUT2D eigenvalue weighted by Crippen LogP contribution is -2.36. The lowest BCUT2D eigenvalue weighted by Gasteiger charge is -2.15. The Kier molecular flexibility index (Phi) is 6.22. The number of benzene rings is 1. The normalized spacial score (nSPS) is 12.2. The molecule has 5 heteroatoms. The number of aryl methyl sites for hydroxylation is 3. The van der Waals surface area contributed by atoms with E-state index in [0.29, 0.717) is 13.0 Å². The molecule has 0 spiro atoms. The van der Waals surface area contributed by atoms with Crippen molar-refractivity contribution in [2.24, 2.45) is 0 Å². The molecule has 2 rings (SSSR count). The summed E-state index contributed by atoms with van der Waals surface area (Å²) in [7, 11) is 0. The maximum atomic E-state index is 12.0. The van der Waals surface area contributed by atoms with Gasteiger partial charge in [0.1, 0.15) is 0 Å². The van der Waals surface area contributed by atoms with Crippen molar-refractivity contribution in [1.29, 1.82) is 0 Å². The highest BCUT2D eigenvalue weighted by Crippen LogP contribution is 2.11. The molecule has 1 amide bonds. The number of nitrogens with zero attached hydrogens (tertiary/aromatic N) is 2. The molecular formula is C18H24ClN3O. The number of aromatic nitrogens is 2. The van der Waals surface area contributed by atoms with E-state index >= 15 is 0 Å². The first-order chi connectivity index (χ1) is 10.9. The van der Waals surface area contributed by atoms with Crippen LogP contribution < -0.4 is 5.32 Å². The van der Waals surface area contributed by atoms with Crippen molar-refractivity contribution < 1.29 is 4.79 Å². The van der Waals surface area contributed by atoms with Gasteiger partial charge in [-0.1, -0.05) is 23.7 Å². The molecule has 0 fully saturated rings. The smallest absolute Gasteiger partial charge is 0.220 e. The lowest BCUT2D eigenvalue weighted by molar-refractivity contribution is -0.121. The summed E-state index contributed by atoms with van der Waals surface area (Å²) in [4.78, 5) is 12.0. The maximum absolute atomic E-state index is 12.0. The van der Waals surface area contributed by atoms with Crippen LogP contribution in [0.1, 0.15) is 36.7 Å². The van der Waals surface area contributed by atoms with Crippen LogP contribution in [0.2, 0.25) is 5.02 Å². The Bertz CT molecular complexity index is 649. The summed E-state index contributed by atoms with van der Waals surface area (Å²) in [6, 6.07) is 9.88. The summed E-state index contributed by atoms with van der Waals surface area (Å²) >= 11 is 5.86. The van der Waals surface area contributed by atoms with Gasteiger partial charge in [-0.05, 0) is 57.4 Å². The molecule has 0 aliphatic rings. The second-order valence-corrected chi connectivity index (χ2v) is 6.49. The fraction of sp³-hybridized carbons (Fsp3) is 0.444. The summed E-state index contributed by atoms with van der Waals surface area (Å²) in [6.07, 6.45) is 2.25. The fourth-order valence-corrected chi connectivity index (χ4v) is 2.74. The quantitative estimate of drug-likeness (QED) is 0.840. The highest BCUT2D eigenvalue weighted by Gasteiger charge is 2.10. The average Bonchev–Trinajstić information content (AvgIpc) is 2.78. The van der Waals surface area contributed by atoms with Crippen LogP contribution in [0.25, 0.3) is 0 Å². The van der Waals surface area contributed by atoms with Gasteiger partial charge in [-0.15, -0.1) is 0 Å². The van der Waals surface area contributed by atoms with Gasteiger partial charge in [0.05, 0.1) is 12.2 Å². The summed E-state index contributed by atoms with van der Waals surface area (Å²) < 4.78 is 1.94. The van der Waals surface area contributed by atoms with E-state index < -0.39 is 0 Å². The number of halogens is 1. The molecular weight excluding hydrogens is 310 g/mol. The minimum absolute atomic E-state index is 0.0658. The molecule has 1 atom stereocenters. The molecule has 1 heterocycles. The molecule has 1 aromatic heterocycles. The van der Waals surface area contributed by atoms with Crippen molar-refractivity contribution in [3.05, 3.63) is 52.3 Å². The van der Waals surface area contributed by atoms with Gasteiger partial charge < -0.3 is 5.32 Å². The van der Waals surface area contributed by atoms with Crippen molar-refractivity contribution in [1.82, 2.24) is 15.1 Å². The Hall–Kier alpha value is -1.81. The Morgan fingerprint density at radius 1 is 1.30 bits per heavy atom. The summed E-state index contributed by atoms with van der Waals surface area (Å²) in [6.45, 7) is 6.71. The van der Waals surface area contributed by atoms with E-state index in [1.165, 1.54) is 5.56 Å². The van der Waals surface area contributed by atoms with Gasteiger partial charge in [-0.2, -0.15) is 5.10 Å². The minimum Gasteiger partial charge on any atom is -0.352 e. The third-order valence-electron chi connectivity index (χ3n) is 3.74. The SMILES string of the molecule is Cc1cc(C)n(C[C@@H](C)NC(=O)CCCc2ccc(Cl)cc2)n1. The second-order valence-electron chi connectivity index (χ2n) is 6.06. The Labute approximate surface area is 142 Å². The molecule has 0 aliphatic carbocycles. The predicted molar refractivity (Wildman–Crippen MR) is 93.7 cm³/mol. The number of carbonyl (C=O) groups excluding carboxylic acids is 1. The molecule has 124 valence electrons. The molecule has 0 unspecified atom stereocenters. The first kappa shape index (κ1) is 17.5. The number of hydrogen-bond acceptors (Lipinski definition) is 2. The topological polar surface area (TPSA) is 46.9 Å². The van der Waals surface area contributed by atoms with E-state index in [1.807, 2.05) is 55.8 Å². The first-order valence-electron chi connectivity index (χ1n) is 7.99. The number of carbonyl (C=O) groups is 1. The van der Waals surface area contributed by atoms with Gasteiger partial charge in [0.15, 0.2) is 0 Å². The van der Waals surface area contributed by atoms with E-state index in [9.17, 15) is 4.79 Å². The Morgan fingerprint density at radius 3 is 2.61 bits per heavy atom.